The summed E-state index contributed by atoms with van der Waals surface area (Å²) in [6.45, 7) is 2.86. The van der Waals surface area contributed by atoms with E-state index in [1.807, 2.05) is 0 Å². The molecule has 0 spiro atoms. The van der Waals surface area contributed by atoms with E-state index in [-0.39, 0.29) is 5.69 Å². The van der Waals surface area contributed by atoms with Crippen LogP contribution in [0.2, 0.25) is 5.02 Å². The third-order valence-corrected chi connectivity index (χ3v) is 2.84. The van der Waals surface area contributed by atoms with Gasteiger partial charge in [-0.15, -0.1) is 0 Å². The van der Waals surface area contributed by atoms with Crippen LogP contribution in [-0.4, -0.2) is 11.5 Å². The van der Waals surface area contributed by atoms with Crippen molar-refractivity contribution in [1.82, 2.24) is 0 Å². The summed E-state index contributed by atoms with van der Waals surface area (Å²) in [5.74, 6) is 0. The van der Waals surface area contributed by atoms with Gasteiger partial charge < -0.3 is 5.32 Å². The van der Waals surface area contributed by atoms with E-state index in [4.69, 9.17) is 11.6 Å². The van der Waals surface area contributed by atoms with Gasteiger partial charge in [0.1, 0.15) is 5.69 Å². The molecule has 1 aromatic carbocycles. The average Bonchev–Trinajstić information content (AvgIpc) is 2.30. The van der Waals surface area contributed by atoms with E-state index in [0.29, 0.717) is 17.3 Å². The number of nitro benzene ring substituents is 1. The van der Waals surface area contributed by atoms with Crippen molar-refractivity contribution in [3.8, 4) is 0 Å². The predicted octanol–water partition coefficient (Wildman–Crippen LogP) is 4.24. The molecule has 0 aliphatic heterocycles. The minimum Gasteiger partial charge on any atom is -0.378 e. The average molecular weight is 257 g/mol. The van der Waals surface area contributed by atoms with E-state index in [2.05, 4.69) is 12.2 Å². The zero-order valence-electron chi connectivity index (χ0n) is 9.91. The SMILES string of the molecule is CCCCCCNc1c(Cl)cccc1[N+](=O)[O-]. The van der Waals surface area contributed by atoms with Gasteiger partial charge in [0.2, 0.25) is 0 Å². The Bertz CT molecular complexity index is 383. The molecule has 1 aromatic rings. The van der Waals surface area contributed by atoms with Crippen molar-refractivity contribution in [3.63, 3.8) is 0 Å². The van der Waals surface area contributed by atoms with Crippen LogP contribution in [0.25, 0.3) is 0 Å². The molecule has 0 amide bonds. The highest BCUT2D eigenvalue weighted by molar-refractivity contribution is 6.33. The second kappa shape index (κ2) is 7.12. The summed E-state index contributed by atoms with van der Waals surface area (Å²) in [4.78, 5) is 10.4. The summed E-state index contributed by atoms with van der Waals surface area (Å²) in [6, 6.07) is 4.70. The lowest BCUT2D eigenvalue weighted by Crippen LogP contribution is -2.04. The van der Waals surface area contributed by atoms with E-state index < -0.39 is 4.92 Å². The summed E-state index contributed by atoms with van der Waals surface area (Å²) >= 11 is 5.95. The van der Waals surface area contributed by atoms with Gasteiger partial charge in [-0.1, -0.05) is 43.9 Å². The minimum absolute atomic E-state index is 0.0352. The number of hydrogen-bond acceptors (Lipinski definition) is 3. The van der Waals surface area contributed by atoms with Crippen LogP contribution in [0.1, 0.15) is 32.6 Å². The molecule has 0 aromatic heterocycles. The van der Waals surface area contributed by atoms with Crippen molar-refractivity contribution >= 4 is 23.0 Å². The molecule has 0 bridgehead atoms. The van der Waals surface area contributed by atoms with Crippen molar-refractivity contribution in [3.05, 3.63) is 33.3 Å². The molecule has 0 radical (unpaired) electrons. The maximum Gasteiger partial charge on any atom is 0.293 e. The summed E-state index contributed by atoms with van der Waals surface area (Å²) in [5.41, 5.74) is 0.462. The van der Waals surface area contributed by atoms with Gasteiger partial charge in [0.25, 0.3) is 5.69 Å². The fraction of sp³-hybridized carbons (Fsp3) is 0.500. The number of hydrogen-bond donors (Lipinski definition) is 1. The number of nitrogens with zero attached hydrogens (tertiary/aromatic N) is 1. The van der Waals surface area contributed by atoms with Crippen molar-refractivity contribution in [2.75, 3.05) is 11.9 Å². The zero-order valence-corrected chi connectivity index (χ0v) is 10.7. The molecular formula is C12H17ClN2O2. The Morgan fingerprint density at radius 2 is 2.12 bits per heavy atom. The number of nitro groups is 1. The van der Waals surface area contributed by atoms with Gasteiger partial charge in [-0.25, -0.2) is 0 Å². The van der Waals surface area contributed by atoms with E-state index in [9.17, 15) is 10.1 Å². The summed E-state index contributed by atoms with van der Waals surface area (Å²) < 4.78 is 0. The Morgan fingerprint density at radius 3 is 2.76 bits per heavy atom. The lowest BCUT2D eigenvalue weighted by molar-refractivity contribution is -0.383. The first-order valence-corrected chi connectivity index (χ1v) is 6.21. The summed E-state index contributed by atoms with van der Waals surface area (Å²) in [5, 5.41) is 14.3. The van der Waals surface area contributed by atoms with Crippen molar-refractivity contribution in [1.29, 1.82) is 0 Å². The maximum atomic E-state index is 10.8. The molecule has 0 aliphatic rings. The van der Waals surface area contributed by atoms with Gasteiger partial charge in [-0.3, -0.25) is 10.1 Å². The van der Waals surface area contributed by atoms with E-state index >= 15 is 0 Å². The van der Waals surface area contributed by atoms with Crippen LogP contribution in [0.15, 0.2) is 18.2 Å². The van der Waals surface area contributed by atoms with Crippen LogP contribution in [0.5, 0.6) is 0 Å². The minimum atomic E-state index is -0.416. The standard InChI is InChI=1S/C12H17ClN2O2/c1-2-3-4-5-9-14-12-10(13)7-6-8-11(12)15(16)17/h6-8,14H,2-5,9H2,1H3. The van der Waals surface area contributed by atoms with Gasteiger partial charge in [0.15, 0.2) is 0 Å². The second-order valence-corrected chi connectivity index (χ2v) is 4.29. The maximum absolute atomic E-state index is 10.8. The highest BCUT2D eigenvalue weighted by Gasteiger charge is 2.15. The van der Waals surface area contributed by atoms with Crippen LogP contribution < -0.4 is 5.32 Å². The Kier molecular flexibility index (Phi) is 5.77. The molecule has 0 fully saturated rings. The quantitative estimate of drug-likeness (QED) is 0.451. The van der Waals surface area contributed by atoms with Crippen molar-refractivity contribution in [2.45, 2.75) is 32.6 Å². The lowest BCUT2D eigenvalue weighted by Gasteiger charge is -2.08. The molecule has 0 atom stereocenters. The number of para-hydroxylation sites is 1. The molecule has 0 saturated heterocycles. The number of benzene rings is 1. The molecule has 1 N–H and O–H groups in total. The molecule has 0 unspecified atom stereocenters. The van der Waals surface area contributed by atoms with Gasteiger partial charge >= 0.3 is 0 Å². The van der Waals surface area contributed by atoms with Gasteiger partial charge in [0, 0.05) is 12.6 Å². The molecule has 0 aliphatic carbocycles. The fourth-order valence-electron chi connectivity index (χ4n) is 1.61. The molecule has 1 rings (SSSR count). The molecule has 17 heavy (non-hydrogen) atoms. The topological polar surface area (TPSA) is 55.2 Å². The molecule has 0 heterocycles. The molecule has 5 heteroatoms. The Hall–Kier alpha value is -1.29. The van der Waals surface area contributed by atoms with E-state index in [0.717, 1.165) is 12.8 Å². The third kappa shape index (κ3) is 4.23. The molecular weight excluding hydrogens is 240 g/mol. The van der Waals surface area contributed by atoms with Crippen LogP contribution in [-0.2, 0) is 0 Å². The summed E-state index contributed by atoms with van der Waals surface area (Å²) in [6.07, 6.45) is 4.48. The van der Waals surface area contributed by atoms with Gasteiger partial charge in [0.05, 0.1) is 9.95 Å². The number of nitrogens with one attached hydrogen (secondary N) is 1. The fourth-order valence-corrected chi connectivity index (χ4v) is 1.84. The van der Waals surface area contributed by atoms with E-state index in [1.165, 1.54) is 18.9 Å². The van der Waals surface area contributed by atoms with Crippen LogP contribution in [0.4, 0.5) is 11.4 Å². The van der Waals surface area contributed by atoms with Crippen LogP contribution >= 0.6 is 11.6 Å². The Labute approximate surface area is 106 Å². The summed E-state index contributed by atoms with van der Waals surface area (Å²) in [7, 11) is 0. The van der Waals surface area contributed by atoms with E-state index in [1.54, 1.807) is 12.1 Å². The normalized spacial score (nSPS) is 10.2. The van der Waals surface area contributed by atoms with Crippen LogP contribution in [0, 0.1) is 10.1 Å². The number of halogens is 1. The second-order valence-electron chi connectivity index (χ2n) is 3.88. The molecule has 94 valence electrons. The first kappa shape index (κ1) is 13.8. The number of anilines is 1. The van der Waals surface area contributed by atoms with Gasteiger partial charge in [-0.2, -0.15) is 0 Å². The van der Waals surface area contributed by atoms with Gasteiger partial charge in [-0.05, 0) is 12.5 Å². The predicted molar refractivity (Wildman–Crippen MR) is 70.7 cm³/mol. The zero-order chi connectivity index (χ0) is 12.7. The first-order valence-electron chi connectivity index (χ1n) is 5.83. The Balaban J connectivity index is 2.60. The highest BCUT2D eigenvalue weighted by Crippen LogP contribution is 2.31. The van der Waals surface area contributed by atoms with Crippen LogP contribution in [0.3, 0.4) is 0 Å². The van der Waals surface area contributed by atoms with Crippen molar-refractivity contribution in [2.24, 2.45) is 0 Å². The lowest BCUT2D eigenvalue weighted by atomic mass is 10.2. The monoisotopic (exact) mass is 256 g/mol. The molecule has 4 nitrogen and oxygen atoms in total. The largest absolute Gasteiger partial charge is 0.378 e. The first-order chi connectivity index (χ1) is 8.16. The highest BCUT2D eigenvalue weighted by atomic mass is 35.5. The smallest absolute Gasteiger partial charge is 0.293 e. The molecule has 0 saturated carbocycles. The van der Waals surface area contributed by atoms with Crippen molar-refractivity contribution < 1.29 is 4.92 Å². The third-order valence-electron chi connectivity index (χ3n) is 2.52. The number of unbranched alkanes of at least 4 members (excludes halogenated alkanes) is 3. The number of rotatable bonds is 7. The Morgan fingerprint density at radius 1 is 1.35 bits per heavy atom.